The Morgan fingerprint density at radius 2 is 1.74 bits per heavy atom. The molecule has 3 N–H and O–H groups in total. The Bertz CT molecular complexity index is 1890. The number of nitrogens with zero attached hydrogens (tertiary/aromatic N) is 2. The van der Waals surface area contributed by atoms with Gasteiger partial charge in [0.05, 0.1) is 5.56 Å². The molecule has 0 radical (unpaired) electrons. The molecule has 1 atom stereocenters. The summed E-state index contributed by atoms with van der Waals surface area (Å²) in [4.78, 5) is 41.2. The molecule has 236 valence electrons. The first-order valence-electron chi connectivity index (χ1n) is 14.3. The Kier molecular flexibility index (Phi) is 8.99. The summed E-state index contributed by atoms with van der Waals surface area (Å²) in [7, 11) is 0. The number of hydrogen-bond acceptors (Lipinski definition) is 8. The van der Waals surface area contributed by atoms with Gasteiger partial charge in [0.25, 0.3) is 11.8 Å². The topological polar surface area (TPSA) is 157 Å². The van der Waals surface area contributed by atoms with Crippen molar-refractivity contribution in [2.24, 2.45) is 0 Å². The number of aryl methyl sites for hydroxylation is 1. The van der Waals surface area contributed by atoms with Gasteiger partial charge in [0, 0.05) is 28.8 Å². The Hall–Kier alpha value is -5.78. The monoisotopic (exact) mass is 626 g/mol. The normalized spacial score (nSPS) is 11.9. The number of carbonyl (C=O) groups is 3. The maximum Gasteiger partial charge on any atom is 0.412 e. The molecule has 3 aromatic carbocycles. The summed E-state index contributed by atoms with van der Waals surface area (Å²) in [5, 5.41) is 18.8. The first kappa shape index (κ1) is 31.6. The first-order valence-corrected chi connectivity index (χ1v) is 14.3. The van der Waals surface area contributed by atoms with Crippen molar-refractivity contribution in [1.82, 2.24) is 15.5 Å². The van der Waals surface area contributed by atoms with Crippen molar-refractivity contribution in [3.63, 3.8) is 0 Å². The number of carboxylic acid groups (broad SMARTS) is 1. The maximum atomic E-state index is 15.2. The molecule has 2 amide bonds. The van der Waals surface area contributed by atoms with Crippen LogP contribution in [0.25, 0.3) is 34.2 Å². The lowest BCUT2D eigenvalue weighted by molar-refractivity contribution is -0.139. The van der Waals surface area contributed by atoms with Gasteiger partial charge in [0.2, 0.25) is 5.82 Å². The maximum absolute atomic E-state index is 15.2. The standard InChI is InChI=1S/C34H31FN4O7/c1-19-8-15-28(44-19)22-6-5-7-23(18-22)30(40)37-27(32(41)42)17-20-9-14-25(26(35)16-20)29-38-31(46-39-29)21-10-12-24(13-11-21)36-33(43)45-34(2,3)4/h5-16,18,27H,17H2,1-4H3,(H,36,43)(H,37,40)(H,41,42)/t27-/m1/s1. The van der Waals surface area contributed by atoms with Crippen LogP contribution in [-0.2, 0) is 16.0 Å². The van der Waals surface area contributed by atoms with Gasteiger partial charge in [-0.3, -0.25) is 10.1 Å². The molecule has 0 aliphatic heterocycles. The minimum Gasteiger partial charge on any atom is -0.480 e. The van der Waals surface area contributed by atoms with Crippen molar-refractivity contribution in [2.75, 3.05) is 5.32 Å². The Balaban J connectivity index is 1.24. The van der Waals surface area contributed by atoms with Gasteiger partial charge < -0.3 is 24.1 Å². The van der Waals surface area contributed by atoms with E-state index in [0.29, 0.717) is 28.1 Å². The molecule has 5 rings (SSSR count). The molecule has 0 saturated heterocycles. The zero-order chi connectivity index (χ0) is 33.0. The van der Waals surface area contributed by atoms with Crippen LogP contribution < -0.4 is 10.6 Å². The zero-order valence-electron chi connectivity index (χ0n) is 25.5. The number of nitrogens with one attached hydrogen (secondary N) is 2. The lowest BCUT2D eigenvalue weighted by atomic mass is 10.0. The average molecular weight is 627 g/mol. The van der Waals surface area contributed by atoms with E-state index in [0.717, 1.165) is 5.76 Å². The molecular formula is C34H31FN4O7. The molecule has 2 aromatic heterocycles. The van der Waals surface area contributed by atoms with Crippen LogP contribution in [0.15, 0.2) is 87.8 Å². The van der Waals surface area contributed by atoms with Gasteiger partial charge in [0.1, 0.15) is 29.0 Å². The number of ether oxygens (including phenoxy) is 1. The number of aromatic nitrogens is 2. The van der Waals surface area contributed by atoms with Gasteiger partial charge in [-0.15, -0.1) is 0 Å². The average Bonchev–Trinajstić information content (AvgIpc) is 3.66. The number of halogens is 1. The fourth-order valence-corrected chi connectivity index (χ4v) is 4.52. The lowest BCUT2D eigenvalue weighted by Gasteiger charge is -2.19. The molecule has 0 aliphatic carbocycles. The fraction of sp³-hybridized carbons (Fsp3) is 0.206. The third-order valence-electron chi connectivity index (χ3n) is 6.67. The molecule has 0 aliphatic rings. The summed E-state index contributed by atoms with van der Waals surface area (Å²) in [5.41, 5.74) is 1.69. The lowest BCUT2D eigenvalue weighted by Crippen LogP contribution is -2.42. The van der Waals surface area contributed by atoms with Crippen molar-refractivity contribution < 1.29 is 37.6 Å². The summed E-state index contributed by atoms with van der Waals surface area (Å²) in [6.07, 6.45) is -0.765. The van der Waals surface area contributed by atoms with Gasteiger partial charge >= 0.3 is 12.1 Å². The van der Waals surface area contributed by atoms with E-state index < -0.39 is 35.4 Å². The third-order valence-corrected chi connectivity index (χ3v) is 6.67. The fourth-order valence-electron chi connectivity index (χ4n) is 4.52. The van der Waals surface area contributed by atoms with Gasteiger partial charge in [-0.25, -0.2) is 14.0 Å². The van der Waals surface area contributed by atoms with E-state index in [4.69, 9.17) is 13.7 Å². The molecule has 0 fully saturated rings. The van der Waals surface area contributed by atoms with E-state index in [1.54, 1.807) is 81.4 Å². The summed E-state index contributed by atoms with van der Waals surface area (Å²) in [6, 6.07) is 19.6. The van der Waals surface area contributed by atoms with Crippen molar-refractivity contribution >= 4 is 23.7 Å². The Morgan fingerprint density at radius 3 is 2.39 bits per heavy atom. The molecule has 5 aromatic rings. The molecule has 0 bridgehead atoms. The molecule has 0 saturated carbocycles. The van der Waals surface area contributed by atoms with Crippen LogP contribution in [0.4, 0.5) is 14.9 Å². The van der Waals surface area contributed by atoms with Gasteiger partial charge in [0.15, 0.2) is 0 Å². The van der Waals surface area contributed by atoms with Crippen LogP contribution in [-0.4, -0.2) is 44.9 Å². The number of hydrogen-bond donors (Lipinski definition) is 3. The minimum atomic E-state index is -1.32. The van der Waals surface area contributed by atoms with E-state index in [1.165, 1.54) is 18.2 Å². The van der Waals surface area contributed by atoms with Crippen LogP contribution in [0.1, 0.15) is 42.5 Å². The number of anilines is 1. The highest BCUT2D eigenvalue weighted by Crippen LogP contribution is 2.27. The SMILES string of the molecule is Cc1ccc(-c2cccc(C(=O)N[C@H](Cc3ccc(-c4noc(-c5ccc(NC(=O)OC(C)(C)C)cc5)n4)c(F)c3)C(=O)O)c2)o1. The minimum absolute atomic E-state index is 0.00951. The van der Waals surface area contributed by atoms with Gasteiger partial charge in [-0.1, -0.05) is 23.4 Å². The number of amides is 2. The largest absolute Gasteiger partial charge is 0.480 e. The molecule has 0 spiro atoms. The summed E-state index contributed by atoms with van der Waals surface area (Å²) < 4.78 is 31.4. The van der Waals surface area contributed by atoms with E-state index >= 15 is 4.39 Å². The number of carboxylic acids is 1. The number of benzene rings is 3. The molecule has 0 unspecified atom stereocenters. The Morgan fingerprint density at radius 1 is 0.978 bits per heavy atom. The predicted molar refractivity (Wildman–Crippen MR) is 166 cm³/mol. The number of aliphatic carboxylic acids is 1. The highest BCUT2D eigenvalue weighted by atomic mass is 19.1. The third kappa shape index (κ3) is 7.83. The molecule has 12 heteroatoms. The van der Waals surface area contributed by atoms with Gasteiger partial charge in [-0.05, 0) is 93.9 Å². The highest BCUT2D eigenvalue weighted by Gasteiger charge is 2.23. The summed E-state index contributed by atoms with van der Waals surface area (Å²) in [5.74, 6) is -1.15. The second kappa shape index (κ2) is 13.1. The predicted octanol–water partition coefficient (Wildman–Crippen LogP) is 6.88. The summed E-state index contributed by atoms with van der Waals surface area (Å²) in [6.45, 7) is 7.09. The molecule has 2 heterocycles. The van der Waals surface area contributed by atoms with E-state index in [9.17, 15) is 19.5 Å². The quantitative estimate of drug-likeness (QED) is 0.159. The van der Waals surface area contributed by atoms with Crippen molar-refractivity contribution in [2.45, 2.75) is 45.8 Å². The number of carbonyl (C=O) groups excluding carboxylic acids is 2. The highest BCUT2D eigenvalue weighted by molar-refractivity contribution is 5.97. The number of furan rings is 1. The van der Waals surface area contributed by atoms with Crippen molar-refractivity contribution in [3.05, 3.63) is 102 Å². The van der Waals surface area contributed by atoms with Crippen LogP contribution >= 0.6 is 0 Å². The Labute approximate surface area is 263 Å². The second-order valence-corrected chi connectivity index (χ2v) is 11.5. The number of rotatable bonds is 9. The molecule has 11 nitrogen and oxygen atoms in total. The first-order chi connectivity index (χ1) is 21.8. The van der Waals surface area contributed by atoms with E-state index in [-0.39, 0.29) is 29.3 Å². The smallest absolute Gasteiger partial charge is 0.412 e. The van der Waals surface area contributed by atoms with Crippen LogP contribution in [0.3, 0.4) is 0 Å². The summed E-state index contributed by atoms with van der Waals surface area (Å²) >= 11 is 0. The van der Waals surface area contributed by atoms with Gasteiger partial charge in [-0.2, -0.15) is 4.98 Å². The van der Waals surface area contributed by atoms with Crippen molar-refractivity contribution in [1.29, 1.82) is 0 Å². The van der Waals surface area contributed by atoms with E-state index in [2.05, 4.69) is 20.8 Å². The zero-order valence-corrected chi connectivity index (χ0v) is 25.5. The molecule has 46 heavy (non-hydrogen) atoms. The molecular weight excluding hydrogens is 595 g/mol. The van der Waals surface area contributed by atoms with Crippen LogP contribution in [0.5, 0.6) is 0 Å². The second-order valence-electron chi connectivity index (χ2n) is 11.5. The van der Waals surface area contributed by atoms with E-state index in [1.807, 2.05) is 6.92 Å². The van der Waals surface area contributed by atoms with Crippen LogP contribution in [0, 0.1) is 12.7 Å². The van der Waals surface area contributed by atoms with Crippen molar-refractivity contribution in [3.8, 4) is 34.2 Å². The van der Waals surface area contributed by atoms with Crippen LogP contribution in [0.2, 0.25) is 0 Å².